The van der Waals surface area contributed by atoms with Gasteiger partial charge >= 0.3 is 0 Å². The highest BCUT2D eigenvalue weighted by Gasteiger charge is 2.20. The lowest BCUT2D eigenvalue weighted by atomic mass is 10.3. The monoisotopic (exact) mass is 334 g/mol. The molecule has 8 nitrogen and oxygen atoms in total. The van der Waals surface area contributed by atoms with E-state index in [-0.39, 0.29) is 5.91 Å². The summed E-state index contributed by atoms with van der Waals surface area (Å²) in [4.78, 5) is 12.1. The van der Waals surface area contributed by atoms with Crippen LogP contribution in [0, 0.1) is 13.8 Å². The van der Waals surface area contributed by atoms with Crippen molar-refractivity contribution in [3.8, 4) is 11.5 Å². The van der Waals surface area contributed by atoms with Crippen molar-refractivity contribution >= 4 is 23.5 Å². The molecule has 1 amide bonds. The number of hydrogen-bond donors (Lipinski definition) is 1. The fourth-order valence-corrected chi connectivity index (χ4v) is 2.51. The maximum absolute atomic E-state index is 12.1. The molecule has 0 bridgehead atoms. The number of aryl methyl sites for hydroxylation is 2. The molecule has 0 aromatic carbocycles. The number of hydrogen-bond acceptors (Lipinski definition) is 8. The fraction of sp³-hybridized carbons (Fsp3) is 0.286. The minimum Gasteiger partial charge on any atom is -0.469 e. The van der Waals surface area contributed by atoms with Gasteiger partial charge in [0.25, 0.3) is 11.1 Å². The molecule has 3 aromatic rings. The summed E-state index contributed by atoms with van der Waals surface area (Å²) in [6, 6.07) is 3.39. The molecule has 120 valence electrons. The summed E-state index contributed by atoms with van der Waals surface area (Å²) in [5.74, 6) is 1.82. The third-order valence-electron chi connectivity index (χ3n) is 3.02. The number of rotatable bonds is 5. The average Bonchev–Trinajstić information content (AvgIpc) is 3.21. The molecule has 9 heteroatoms. The Labute approximate surface area is 135 Å². The molecule has 1 atom stereocenters. The van der Waals surface area contributed by atoms with E-state index in [1.54, 1.807) is 32.2 Å². The number of aromatic nitrogens is 3. The van der Waals surface area contributed by atoms with Crippen LogP contribution in [0.5, 0.6) is 0 Å². The summed E-state index contributed by atoms with van der Waals surface area (Å²) in [6.45, 7) is 5.29. The molecule has 3 heterocycles. The van der Waals surface area contributed by atoms with Crippen molar-refractivity contribution in [2.45, 2.75) is 31.2 Å². The van der Waals surface area contributed by atoms with Gasteiger partial charge in [0.05, 0.1) is 17.1 Å². The van der Waals surface area contributed by atoms with Gasteiger partial charge in [-0.15, -0.1) is 10.2 Å². The Morgan fingerprint density at radius 2 is 2.17 bits per heavy atom. The lowest BCUT2D eigenvalue weighted by Crippen LogP contribution is -2.22. The van der Waals surface area contributed by atoms with E-state index in [9.17, 15) is 4.79 Å². The average molecular weight is 334 g/mol. The van der Waals surface area contributed by atoms with Gasteiger partial charge in [0.15, 0.2) is 5.82 Å². The predicted molar refractivity (Wildman–Crippen MR) is 81.9 cm³/mol. The first-order valence-corrected chi connectivity index (χ1v) is 7.69. The van der Waals surface area contributed by atoms with Crippen molar-refractivity contribution in [2.75, 3.05) is 5.32 Å². The quantitative estimate of drug-likeness (QED) is 0.709. The molecular formula is C14H14N4O4S. The van der Waals surface area contributed by atoms with E-state index in [1.807, 2.05) is 6.92 Å². The Balaban J connectivity index is 1.64. The van der Waals surface area contributed by atoms with Crippen LogP contribution in [0.25, 0.3) is 11.5 Å². The van der Waals surface area contributed by atoms with E-state index in [2.05, 4.69) is 20.7 Å². The van der Waals surface area contributed by atoms with Gasteiger partial charge < -0.3 is 18.7 Å². The van der Waals surface area contributed by atoms with Crippen LogP contribution in [0.1, 0.15) is 18.4 Å². The second-order valence-corrected chi connectivity index (χ2v) is 6.13. The standard InChI is InChI=1S/C14H14N4O4S/c1-7-6-11(18-22-7)15-12(19)9(3)23-14-17-16-13(21-14)10-4-5-20-8(10)2/h4-6,9H,1-3H3,(H,15,18,19)/t9-/m0/s1. The first kappa shape index (κ1) is 15.3. The van der Waals surface area contributed by atoms with E-state index in [4.69, 9.17) is 13.4 Å². The summed E-state index contributed by atoms with van der Waals surface area (Å²) in [6.07, 6.45) is 1.55. The van der Waals surface area contributed by atoms with Crippen molar-refractivity contribution < 1.29 is 18.2 Å². The van der Waals surface area contributed by atoms with Crippen molar-refractivity contribution in [1.29, 1.82) is 0 Å². The maximum atomic E-state index is 12.1. The van der Waals surface area contributed by atoms with Crippen LogP contribution in [0.15, 0.2) is 37.0 Å². The third-order valence-corrected chi connectivity index (χ3v) is 3.96. The van der Waals surface area contributed by atoms with Gasteiger partial charge in [-0.05, 0) is 26.8 Å². The minimum atomic E-state index is -0.439. The molecule has 0 saturated heterocycles. The van der Waals surface area contributed by atoms with E-state index < -0.39 is 5.25 Å². The second kappa shape index (κ2) is 6.29. The number of anilines is 1. The number of nitrogens with one attached hydrogen (secondary N) is 1. The van der Waals surface area contributed by atoms with Gasteiger partial charge in [-0.25, -0.2) is 0 Å². The Bertz CT molecular complexity index is 822. The van der Waals surface area contributed by atoms with Crippen LogP contribution in [-0.2, 0) is 4.79 Å². The predicted octanol–water partition coefficient (Wildman–Crippen LogP) is 3.05. The number of nitrogens with zero attached hydrogens (tertiary/aromatic N) is 3. The van der Waals surface area contributed by atoms with Crippen LogP contribution in [0.3, 0.4) is 0 Å². The van der Waals surface area contributed by atoms with Crippen molar-refractivity contribution in [1.82, 2.24) is 15.4 Å². The second-order valence-electron chi connectivity index (χ2n) is 4.84. The van der Waals surface area contributed by atoms with E-state index in [0.717, 1.165) is 17.3 Å². The minimum absolute atomic E-state index is 0.234. The Hall–Kier alpha value is -2.55. The zero-order valence-corrected chi connectivity index (χ0v) is 13.5. The molecule has 1 N–H and O–H groups in total. The molecule has 0 spiro atoms. The Morgan fingerprint density at radius 1 is 1.35 bits per heavy atom. The summed E-state index contributed by atoms with van der Waals surface area (Å²) in [5.41, 5.74) is 0.736. The highest BCUT2D eigenvalue weighted by molar-refractivity contribution is 8.00. The first-order chi connectivity index (χ1) is 11.0. The highest BCUT2D eigenvalue weighted by atomic mass is 32.2. The molecule has 0 aliphatic carbocycles. The molecule has 3 rings (SSSR count). The van der Waals surface area contributed by atoms with Gasteiger partial charge in [-0.3, -0.25) is 4.79 Å². The van der Waals surface area contributed by atoms with Crippen molar-refractivity contribution in [3.05, 3.63) is 29.9 Å². The molecule has 23 heavy (non-hydrogen) atoms. The number of thioether (sulfide) groups is 1. The molecule has 0 unspecified atom stereocenters. The van der Waals surface area contributed by atoms with Gasteiger partial charge in [-0.2, -0.15) is 0 Å². The Kier molecular flexibility index (Phi) is 4.20. The largest absolute Gasteiger partial charge is 0.469 e. The van der Waals surface area contributed by atoms with Gasteiger partial charge in [0, 0.05) is 6.07 Å². The fourth-order valence-electron chi connectivity index (χ4n) is 1.83. The molecule has 0 radical (unpaired) electrons. The summed E-state index contributed by atoms with van der Waals surface area (Å²) in [5, 5.41) is 14.1. The molecule has 0 saturated carbocycles. The summed E-state index contributed by atoms with van der Waals surface area (Å²) >= 11 is 1.16. The topological polar surface area (TPSA) is 107 Å². The lowest BCUT2D eigenvalue weighted by molar-refractivity contribution is -0.115. The highest BCUT2D eigenvalue weighted by Crippen LogP contribution is 2.28. The van der Waals surface area contributed by atoms with Gasteiger partial charge in [-0.1, -0.05) is 16.9 Å². The normalized spacial score (nSPS) is 12.3. The number of carbonyl (C=O) groups excluding carboxylic acids is 1. The van der Waals surface area contributed by atoms with E-state index in [0.29, 0.717) is 28.5 Å². The van der Waals surface area contributed by atoms with Crippen LogP contribution < -0.4 is 5.32 Å². The van der Waals surface area contributed by atoms with E-state index >= 15 is 0 Å². The van der Waals surface area contributed by atoms with Crippen molar-refractivity contribution in [2.24, 2.45) is 0 Å². The first-order valence-electron chi connectivity index (χ1n) is 6.81. The van der Waals surface area contributed by atoms with Gasteiger partial charge in [0.2, 0.25) is 5.91 Å². The summed E-state index contributed by atoms with van der Waals surface area (Å²) in [7, 11) is 0. The maximum Gasteiger partial charge on any atom is 0.277 e. The molecule has 0 aliphatic heterocycles. The van der Waals surface area contributed by atoms with Crippen LogP contribution in [0.2, 0.25) is 0 Å². The smallest absolute Gasteiger partial charge is 0.277 e. The van der Waals surface area contributed by atoms with Gasteiger partial charge in [0.1, 0.15) is 11.5 Å². The SMILES string of the molecule is Cc1cc(NC(=O)[C@H](C)Sc2nnc(-c3ccoc3C)o2)no1. The summed E-state index contributed by atoms with van der Waals surface area (Å²) < 4.78 is 15.6. The van der Waals surface area contributed by atoms with Crippen LogP contribution >= 0.6 is 11.8 Å². The zero-order chi connectivity index (χ0) is 16.4. The zero-order valence-electron chi connectivity index (χ0n) is 12.7. The molecule has 0 fully saturated rings. The number of furan rings is 1. The van der Waals surface area contributed by atoms with Crippen LogP contribution in [-0.4, -0.2) is 26.5 Å². The molecule has 0 aliphatic rings. The van der Waals surface area contributed by atoms with Crippen molar-refractivity contribution in [3.63, 3.8) is 0 Å². The van der Waals surface area contributed by atoms with Crippen LogP contribution in [0.4, 0.5) is 5.82 Å². The Morgan fingerprint density at radius 3 is 2.83 bits per heavy atom. The number of carbonyl (C=O) groups is 1. The molecule has 3 aromatic heterocycles. The lowest BCUT2D eigenvalue weighted by Gasteiger charge is -2.06. The number of amides is 1. The molecular weight excluding hydrogens is 320 g/mol. The third kappa shape index (κ3) is 3.45. The van der Waals surface area contributed by atoms with E-state index in [1.165, 1.54) is 0 Å².